The van der Waals surface area contributed by atoms with E-state index in [1.165, 1.54) is 0 Å². The van der Waals surface area contributed by atoms with Crippen molar-refractivity contribution in [2.45, 2.75) is 38.5 Å². The van der Waals surface area contributed by atoms with Crippen LogP contribution in [0.2, 0.25) is 0 Å². The minimum Gasteiger partial charge on any atom is -0.392 e. The Morgan fingerprint density at radius 3 is 2.67 bits per heavy atom. The molecule has 1 aliphatic heterocycles. The van der Waals surface area contributed by atoms with Crippen LogP contribution in [0.1, 0.15) is 20.3 Å². The van der Waals surface area contributed by atoms with Crippen molar-refractivity contribution in [2.75, 3.05) is 20.2 Å². The van der Waals surface area contributed by atoms with Gasteiger partial charge < -0.3 is 9.84 Å². The second kappa shape index (κ2) is 4.21. The van der Waals surface area contributed by atoms with Gasteiger partial charge in [-0.3, -0.25) is 4.90 Å². The highest BCUT2D eigenvalue weighted by molar-refractivity contribution is 4.82. The van der Waals surface area contributed by atoms with Gasteiger partial charge in [0.05, 0.1) is 18.8 Å². The molecular weight excluding hydrogens is 154 g/mol. The third-order valence-corrected chi connectivity index (χ3v) is 2.29. The zero-order valence-corrected chi connectivity index (χ0v) is 8.16. The Morgan fingerprint density at radius 2 is 2.25 bits per heavy atom. The fourth-order valence-electron chi connectivity index (χ4n) is 1.55. The molecule has 72 valence electrons. The van der Waals surface area contributed by atoms with Crippen LogP contribution in [0.25, 0.3) is 0 Å². The van der Waals surface area contributed by atoms with E-state index in [2.05, 4.69) is 4.90 Å². The van der Waals surface area contributed by atoms with Crippen LogP contribution in [-0.2, 0) is 4.74 Å². The standard InChI is InChI=1S/C9H19NO2/c1-7(2)12-6-8-4-9(11)5-10(8)3/h7-9,11H,4-6H2,1-3H3. The Balaban J connectivity index is 2.23. The monoisotopic (exact) mass is 173 g/mol. The maximum absolute atomic E-state index is 9.34. The van der Waals surface area contributed by atoms with Gasteiger partial charge in [-0.05, 0) is 27.3 Å². The molecule has 1 saturated heterocycles. The molecule has 1 heterocycles. The molecule has 12 heavy (non-hydrogen) atoms. The van der Waals surface area contributed by atoms with E-state index in [0.29, 0.717) is 6.04 Å². The molecule has 2 atom stereocenters. The summed E-state index contributed by atoms with van der Waals surface area (Å²) in [5, 5.41) is 9.34. The Bertz CT molecular complexity index is 138. The predicted molar refractivity (Wildman–Crippen MR) is 48.1 cm³/mol. The molecule has 0 aliphatic carbocycles. The van der Waals surface area contributed by atoms with Crippen molar-refractivity contribution in [1.82, 2.24) is 4.90 Å². The lowest BCUT2D eigenvalue weighted by Crippen LogP contribution is -2.30. The van der Waals surface area contributed by atoms with E-state index < -0.39 is 0 Å². The van der Waals surface area contributed by atoms with Gasteiger partial charge in [-0.2, -0.15) is 0 Å². The molecule has 2 unspecified atom stereocenters. The van der Waals surface area contributed by atoms with E-state index in [-0.39, 0.29) is 12.2 Å². The van der Waals surface area contributed by atoms with Gasteiger partial charge in [0.1, 0.15) is 0 Å². The molecular formula is C9H19NO2. The van der Waals surface area contributed by atoms with Crippen LogP contribution in [-0.4, -0.2) is 48.5 Å². The molecule has 1 fully saturated rings. The summed E-state index contributed by atoms with van der Waals surface area (Å²) >= 11 is 0. The van der Waals surface area contributed by atoms with E-state index in [4.69, 9.17) is 4.74 Å². The van der Waals surface area contributed by atoms with Crippen molar-refractivity contribution in [3.05, 3.63) is 0 Å². The van der Waals surface area contributed by atoms with Crippen molar-refractivity contribution in [3.8, 4) is 0 Å². The average Bonchev–Trinajstić information content (AvgIpc) is 2.26. The summed E-state index contributed by atoms with van der Waals surface area (Å²) in [5.74, 6) is 0. The number of hydrogen-bond acceptors (Lipinski definition) is 3. The average molecular weight is 173 g/mol. The van der Waals surface area contributed by atoms with Crippen LogP contribution >= 0.6 is 0 Å². The van der Waals surface area contributed by atoms with Crippen LogP contribution in [0.3, 0.4) is 0 Å². The maximum Gasteiger partial charge on any atom is 0.0682 e. The summed E-state index contributed by atoms with van der Waals surface area (Å²) in [6.07, 6.45) is 0.982. The van der Waals surface area contributed by atoms with Gasteiger partial charge in [0, 0.05) is 12.6 Å². The molecule has 1 N–H and O–H groups in total. The van der Waals surface area contributed by atoms with Gasteiger partial charge in [-0.15, -0.1) is 0 Å². The van der Waals surface area contributed by atoms with Gasteiger partial charge in [-0.25, -0.2) is 0 Å². The van der Waals surface area contributed by atoms with Gasteiger partial charge in [0.15, 0.2) is 0 Å². The normalized spacial score (nSPS) is 31.8. The quantitative estimate of drug-likeness (QED) is 0.673. The molecule has 0 aromatic rings. The van der Waals surface area contributed by atoms with Crippen molar-refractivity contribution in [1.29, 1.82) is 0 Å². The smallest absolute Gasteiger partial charge is 0.0682 e. The molecule has 0 amide bonds. The first kappa shape index (κ1) is 9.96. The van der Waals surface area contributed by atoms with E-state index in [9.17, 15) is 5.11 Å². The van der Waals surface area contributed by atoms with Crippen LogP contribution in [0.5, 0.6) is 0 Å². The second-order valence-electron chi connectivity index (χ2n) is 3.87. The Hall–Kier alpha value is -0.120. The Labute approximate surface area is 74.3 Å². The van der Waals surface area contributed by atoms with E-state index in [0.717, 1.165) is 19.6 Å². The maximum atomic E-state index is 9.34. The third-order valence-electron chi connectivity index (χ3n) is 2.29. The second-order valence-corrected chi connectivity index (χ2v) is 3.87. The molecule has 0 saturated carbocycles. The molecule has 0 radical (unpaired) electrons. The lowest BCUT2D eigenvalue weighted by Gasteiger charge is -2.19. The zero-order chi connectivity index (χ0) is 9.14. The predicted octanol–water partition coefficient (Wildman–Crippen LogP) is 0.476. The summed E-state index contributed by atoms with van der Waals surface area (Å²) in [4.78, 5) is 2.16. The lowest BCUT2D eigenvalue weighted by molar-refractivity contribution is 0.0428. The van der Waals surface area contributed by atoms with E-state index >= 15 is 0 Å². The first-order valence-electron chi connectivity index (χ1n) is 4.59. The third kappa shape index (κ3) is 2.73. The summed E-state index contributed by atoms with van der Waals surface area (Å²) < 4.78 is 5.49. The van der Waals surface area contributed by atoms with Crippen molar-refractivity contribution in [2.24, 2.45) is 0 Å². The molecule has 1 rings (SSSR count). The molecule has 0 spiro atoms. The highest BCUT2D eigenvalue weighted by Gasteiger charge is 2.27. The van der Waals surface area contributed by atoms with Crippen LogP contribution in [0.4, 0.5) is 0 Å². The summed E-state index contributed by atoms with van der Waals surface area (Å²) in [7, 11) is 2.03. The number of likely N-dealkylation sites (N-methyl/N-ethyl adjacent to an activating group) is 1. The molecule has 3 nitrogen and oxygen atoms in total. The molecule has 0 bridgehead atoms. The number of nitrogens with zero attached hydrogens (tertiary/aromatic N) is 1. The lowest BCUT2D eigenvalue weighted by atomic mass is 10.2. The summed E-state index contributed by atoms with van der Waals surface area (Å²) in [5.41, 5.74) is 0. The first-order valence-corrected chi connectivity index (χ1v) is 4.59. The highest BCUT2D eigenvalue weighted by atomic mass is 16.5. The molecule has 0 aromatic carbocycles. The number of aliphatic hydroxyl groups excluding tert-OH is 1. The number of rotatable bonds is 3. The Kier molecular flexibility index (Phi) is 3.50. The zero-order valence-electron chi connectivity index (χ0n) is 8.16. The van der Waals surface area contributed by atoms with E-state index in [1.54, 1.807) is 0 Å². The van der Waals surface area contributed by atoms with Crippen molar-refractivity contribution >= 4 is 0 Å². The summed E-state index contributed by atoms with van der Waals surface area (Å²) in [6.45, 7) is 5.59. The van der Waals surface area contributed by atoms with Crippen LogP contribution < -0.4 is 0 Å². The number of ether oxygens (including phenoxy) is 1. The number of aliphatic hydroxyl groups is 1. The van der Waals surface area contributed by atoms with Gasteiger partial charge in [0.25, 0.3) is 0 Å². The van der Waals surface area contributed by atoms with Crippen molar-refractivity contribution < 1.29 is 9.84 Å². The molecule has 0 aromatic heterocycles. The van der Waals surface area contributed by atoms with Crippen molar-refractivity contribution in [3.63, 3.8) is 0 Å². The van der Waals surface area contributed by atoms with Gasteiger partial charge >= 0.3 is 0 Å². The molecule has 1 aliphatic rings. The SMILES string of the molecule is CC(C)OCC1CC(O)CN1C. The largest absolute Gasteiger partial charge is 0.392 e. The minimum atomic E-state index is -0.157. The first-order chi connectivity index (χ1) is 5.59. The fraction of sp³-hybridized carbons (Fsp3) is 1.00. The highest BCUT2D eigenvalue weighted by Crippen LogP contribution is 2.15. The van der Waals surface area contributed by atoms with Crippen LogP contribution in [0.15, 0.2) is 0 Å². The molecule has 3 heteroatoms. The van der Waals surface area contributed by atoms with Gasteiger partial charge in [-0.1, -0.05) is 0 Å². The topological polar surface area (TPSA) is 32.7 Å². The van der Waals surface area contributed by atoms with E-state index in [1.807, 2.05) is 20.9 Å². The number of β-amino-alcohol motifs (C(OH)–C–C–N with tert-alkyl or cyclic N) is 1. The van der Waals surface area contributed by atoms with Crippen LogP contribution in [0, 0.1) is 0 Å². The number of hydrogen-bond donors (Lipinski definition) is 1. The minimum absolute atomic E-state index is 0.157. The number of likely N-dealkylation sites (tertiary alicyclic amines) is 1. The summed E-state index contributed by atoms with van der Waals surface area (Å²) in [6, 6.07) is 0.405. The fourth-order valence-corrected chi connectivity index (χ4v) is 1.55. The Morgan fingerprint density at radius 1 is 1.58 bits per heavy atom. The van der Waals surface area contributed by atoms with Gasteiger partial charge in [0.2, 0.25) is 0 Å².